The first-order valence-electron chi connectivity index (χ1n) is 8.07. The lowest BCUT2D eigenvalue weighted by Gasteiger charge is -2.10. The van der Waals surface area contributed by atoms with Crippen LogP contribution in [0, 0.1) is 6.92 Å². The van der Waals surface area contributed by atoms with Gasteiger partial charge < -0.3 is 5.73 Å². The van der Waals surface area contributed by atoms with Crippen LogP contribution in [0.4, 0.5) is 0 Å². The summed E-state index contributed by atoms with van der Waals surface area (Å²) in [6.07, 6.45) is 0. The van der Waals surface area contributed by atoms with Crippen LogP contribution in [0.1, 0.15) is 16.8 Å². The van der Waals surface area contributed by atoms with Crippen LogP contribution in [0.15, 0.2) is 65.6 Å². The predicted octanol–water partition coefficient (Wildman–Crippen LogP) is 4.97. The molecule has 2 aromatic carbocycles. The van der Waals surface area contributed by atoms with Crippen LogP contribution < -0.4 is 10.5 Å². The lowest BCUT2D eigenvalue weighted by atomic mass is 10.1. The molecule has 0 bridgehead atoms. The van der Waals surface area contributed by atoms with Crippen LogP contribution in [0.25, 0.3) is 11.3 Å². The quantitative estimate of drug-likeness (QED) is 0.602. The minimum Gasteiger partial charge on any atom is -0.325 e. The molecule has 0 saturated heterocycles. The van der Waals surface area contributed by atoms with Gasteiger partial charge in [-0.25, -0.2) is 0 Å². The minimum absolute atomic E-state index is 0.425. The van der Waals surface area contributed by atoms with E-state index in [0.29, 0.717) is 11.6 Å². The van der Waals surface area contributed by atoms with Crippen molar-refractivity contribution in [3.8, 4) is 11.3 Å². The molecule has 0 atom stereocenters. The highest BCUT2D eigenvalue weighted by Gasteiger charge is 2.08. The number of rotatable bonds is 6. The SMILES string of the molecule is Cc1ccc(-c2ccc(SNCc3ccccc3)cc2Cl)nc1CN. The van der Waals surface area contributed by atoms with Crippen molar-refractivity contribution in [3.05, 3.63) is 82.5 Å². The Hall–Kier alpha value is -1.85. The zero-order valence-electron chi connectivity index (χ0n) is 14.0. The number of aryl methyl sites for hydroxylation is 1. The molecule has 3 nitrogen and oxygen atoms in total. The summed E-state index contributed by atoms with van der Waals surface area (Å²) in [5.74, 6) is 0. The van der Waals surface area contributed by atoms with Crippen LogP contribution in [-0.4, -0.2) is 4.98 Å². The average molecular weight is 370 g/mol. The number of nitrogens with zero attached hydrogens (tertiary/aromatic N) is 1. The molecule has 0 fully saturated rings. The lowest BCUT2D eigenvalue weighted by Crippen LogP contribution is -2.03. The Morgan fingerprint density at radius 1 is 1.08 bits per heavy atom. The van der Waals surface area contributed by atoms with E-state index in [9.17, 15) is 0 Å². The Morgan fingerprint density at radius 3 is 2.60 bits per heavy atom. The largest absolute Gasteiger partial charge is 0.325 e. The molecule has 5 heteroatoms. The number of nitrogens with two attached hydrogens (primary N) is 1. The summed E-state index contributed by atoms with van der Waals surface area (Å²) >= 11 is 8.05. The van der Waals surface area contributed by atoms with Crippen molar-refractivity contribution in [1.82, 2.24) is 9.71 Å². The van der Waals surface area contributed by atoms with Crippen molar-refractivity contribution in [3.63, 3.8) is 0 Å². The molecule has 128 valence electrons. The van der Waals surface area contributed by atoms with Gasteiger partial charge in [0.1, 0.15) is 0 Å². The maximum Gasteiger partial charge on any atom is 0.0721 e. The monoisotopic (exact) mass is 369 g/mol. The molecule has 0 unspecified atom stereocenters. The average Bonchev–Trinajstić information content (AvgIpc) is 2.63. The minimum atomic E-state index is 0.425. The van der Waals surface area contributed by atoms with Crippen molar-refractivity contribution >= 4 is 23.5 Å². The fourth-order valence-electron chi connectivity index (χ4n) is 2.49. The zero-order valence-corrected chi connectivity index (χ0v) is 15.6. The third-order valence-corrected chi connectivity index (χ3v) is 5.01. The second kappa shape index (κ2) is 8.50. The molecule has 0 aliphatic heterocycles. The van der Waals surface area contributed by atoms with Crippen LogP contribution in [0.3, 0.4) is 0 Å². The van der Waals surface area contributed by atoms with Crippen LogP contribution in [0.2, 0.25) is 5.02 Å². The van der Waals surface area contributed by atoms with E-state index in [1.807, 2.05) is 55.5 Å². The Kier molecular flexibility index (Phi) is 6.10. The molecule has 0 aliphatic rings. The highest BCUT2D eigenvalue weighted by atomic mass is 35.5. The number of hydrogen-bond acceptors (Lipinski definition) is 4. The second-order valence-electron chi connectivity index (χ2n) is 5.71. The molecule has 0 amide bonds. The molecule has 3 N–H and O–H groups in total. The number of benzene rings is 2. The number of pyridine rings is 1. The van der Waals surface area contributed by atoms with Gasteiger partial charge >= 0.3 is 0 Å². The summed E-state index contributed by atoms with van der Waals surface area (Å²) in [5, 5.41) is 0.686. The van der Waals surface area contributed by atoms with Gasteiger partial charge in [-0.15, -0.1) is 0 Å². The van der Waals surface area contributed by atoms with E-state index in [0.717, 1.165) is 34.0 Å². The number of nitrogens with one attached hydrogen (secondary N) is 1. The number of hydrogen-bond donors (Lipinski definition) is 2. The number of aromatic nitrogens is 1. The molecule has 25 heavy (non-hydrogen) atoms. The normalized spacial score (nSPS) is 10.8. The van der Waals surface area contributed by atoms with E-state index in [2.05, 4.69) is 21.8 Å². The lowest BCUT2D eigenvalue weighted by molar-refractivity contribution is 0.971. The van der Waals surface area contributed by atoms with Gasteiger partial charge in [0.2, 0.25) is 0 Å². The van der Waals surface area contributed by atoms with Gasteiger partial charge in [-0.1, -0.05) is 54.1 Å². The summed E-state index contributed by atoms with van der Waals surface area (Å²) in [5.41, 5.74) is 10.8. The topological polar surface area (TPSA) is 50.9 Å². The Bertz CT molecular complexity index is 853. The number of halogens is 1. The summed E-state index contributed by atoms with van der Waals surface area (Å²) in [6, 6.07) is 20.3. The first-order valence-corrected chi connectivity index (χ1v) is 9.27. The van der Waals surface area contributed by atoms with E-state index < -0.39 is 0 Å². The smallest absolute Gasteiger partial charge is 0.0721 e. The van der Waals surface area contributed by atoms with Crippen LogP contribution >= 0.6 is 23.5 Å². The third-order valence-electron chi connectivity index (χ3n) is 3.92. The fourth-order valence-corrected chi connectivity index (χ4v) is 3.55. The molecule has 0 saturated carbocycles. The van der Waals surface area contributed by atoms with Gasteiger partial charge in [-0.3, -0.25) is 9.71 Å². The molecule has 1 aromatic heterocycles. The van der Waals surface area contributed by atoms with E-state index >= 15 is 0 Å². The van der Waals surface area contributed by atoms with Gasteiger partial charge in [-0.05, 0) is 48.2 Å². The van der Waals surface area contributed by atoms with Crippen molar-refractivity contribution in [2.24, 2.45) is 5.73 Å². The van der Waals surface area contributed by atoms with Gasteiger partial charge in [0.15, 0.2) is 0 Å². The highest BCUT2D eigenvalue weighted by Crippen LogP contribution is 2.30. The molecule has 0 aliphatic carbocycles. The van der Waals surface area contributed by atoms with Gasteiger partial charge in [0.05, 0.1) is 16.4 Å². The molecule has 3 aromatic rings. The molecule has 0 spiro atoms. The van der Waals surface area contributed by atoms with Gasteiger partial charge in [0.25, 0.3) is 0 Å². The van der Waals surface area contributed by atoms with Gasteiger partial charge in [0, 0.05) is 23.5 Å². The summed E-state index contributed by atoms with van der Waals surface area (Å²) < 4.78 is 3.36. The van der Waals surface area contributed by atoms with Crippen molar-refractivity contribution in [1.29, 1.82) is 0 Å². The highest BCUT2D eigenvalue weighted by molar-refractivity contribution is 7.97. The first kappa shape index (κ1) is 18.0. The Labute approximate surface area is 157 Å². The summed E-state index contributed by atoms with van der Waals surface area (Å²) in [4.78, 5) is 5.69. The standard InChI is InChI=1S/C20H20ClN3S/c1-14-7-10-19(24-20(14)12-22)17-9-8-16(11-18(17)21)25-23-13-15-5-3-2-4-6-15/h2-11,23H,12-13,22H2,1H3. The van der Waals surface area contributed by atoms with Crippen molar-refractivity contribution < 1.29 is 0 Å². The maximum atomic E-state index is 6.48. The van der Waals surface area contributed by atoms with E-state index in [1.165, 1.54) is 5.56 Å². The summed E-state index contributed by atoms with van der Waals surface area (Å²) in [6.45, 7) is 3.23. The van der Waals surface area contributed by atoms with E-state index in [4.69, 9.17) is 17.3 Å². The molecule has 0 radical (unpaired) electrons. The van der Waals surface area contributed by atoms with E-state index in [-0.39, 0.29) is 0 Å². The molecular formula is C20H20ClN3S. The second-order valence-corrected chi connectivity index (χ2v) is 7.09. The van der Waals surface area contributed by atoms with Crippen molar-refractivity contribution in [2.75, 3.05) is 0 Å². The van der Waals surface area contributed by atoms with Gasteiger partial charge in [-0.2, -0.15) is 0 Å². The molecule has 3 rings (SSSR count). The molecular weight excluding hydrogens is 350 g/mol. The van der Waals surface area contributed by atoms with Crippen LogP contribution in [0.5, 0.6) is 0 Å². The summed E-state index contributed by atoms with van der Waals surface area (Å²) in [7, 11) is 0. The fraction of sp³-hybridized carbons (Fsp3) is 0.150. The van der Waals surface area contributed by atoms with E-state index in [1.54, 1.807) is 11.9 Å². The Morgan fingerprint density at radius 2 is 1.88 bits per heavy atom. The van der Waals surface area contributed by atoms with Crippen molar-refractivity contribution in [2.45, 2.75) is 24.9 Å². The first-order chi connectivity index (χ1) is 12.2. The zero-order chi connectivity index (χ0) is 17.6. The maximum absolute atomic E-state index is 6.48. The Balaban J connectivity index is 1.70. The third kappa shape index (κ3) is 4.61. The van der Waals surface area contributed by atoms with Crippen LogP contribution in [-0.2, 0) is 13.1 Å². The molecule has 1 heterocycles. The predicted molar refractivity (Wildman–Crippen MR) is 106 cm³/mol.